The molecule has 0 amide bonds. The Bertz CT molecular complexity index is 3740. The third kappa shape index (κ3) is 4.63. The van der Waals surface area contributed by atoms with Gasteiger partial charge in [0.25, 0.3) is 0 Å². The van der Waals surface area contributed by atoms with Crippen LogP contribution >= 0.6 is 0 Å². The van der Waals surface area contributed by atoms with Gasteiger partial charge in [-0.25, -0.2) is 0 Å². The van der Waals surface area contributed by atoms with Crippen LogP contribution in [0.1, 0.15) is 25.0 Å². The standard InChI is InChI=1S/C59H38O/c1-59(2)52-31-30-50-48(28-29-49-42-15-9-10-21-54(42)60-58(49)50)57(52)51-27-26-39(34-53(51)59)37-22-23-38-33-40(25-24-36(38)32-37)55-44-16-5-7-18-46(44)56(47-19-8-6-17-45(47)55)43-20-11-13-35-12-3-4-14-41(35)43/h3-34H,1-2H3. The Labute approximate surface area is 347 Å². The van der Waals surface area contributed by atoms with E-state index in [1.165, 1.54) is 120 Å². The van der Waals surface area contributed by atoms with Crippen LogP contribution in [0.3, 0.4) is 0 Å². The molecule has 0 saturated heterocycles. The number of furan rings is 1. The van der Waals surface area contributed by atoms with Crippen molar-refractivity contribution in [3.63, 3.8) is 0 Å². The lowest BCUT2D eigenvalue weighted by molar-refractivity contribution is 0.660. The van der Waals surface area contributed by atoms with E-state index in [1.807, 2.05) is 6.07 Å². The van der Waals surface area contributed by atoms with E-state index in [4.69, 9.17) is 4.42 Å². The fourth-order valence-corrected chi connectivity index (χ4v) is 10.8. The van der Waals surface area contributed by atoms with Gasteiger partial charge in [0, 0.05) is 21.6 Å². The first-order valence-electron chi connectivity index (χ1n) is 21.0. The average Bonchev–Trinajstić information content (AvgIpc) is 3.79. The van der Waals surface area contributed by atoms with Crippen LogP contribution < -0.4 is 0 Å². The summed E-state index contributed by atoms with van der Waals surface area (Å²) in [7, 11) is 0. The van der Waals surface area contributed by atoms with Crippen LogP contribution in [-0.2, 0) is 5.41 Å². The van der Waals surface area contributed by atoms with Crippen LogP contribution in [0, 0.1) is 0 Å². The van der Waals surface area contributed by atoms with Gasteiger partial charge in [-0.15, -0.1) is 0 Å². The molecular weight excluding hydrogens is 725 g/mol. The van der Waals surface area contributed by atoms with Crippen LogP contribution in [0.5, 0.6) is 0 Å². The molecule has 0 atom stereocenters. The Balaban J connectivity index is 0.924. The van der Waals surface area contributed by atoms with Gasteiger partial charge >= 0.3 is 0 Å². The average molecular weight is 763 g/mol. The maximum Gasteiger partial charge on any atom is 0.143 e. The fourth-order valence-electron chi connectivity index (χ4n) is 10.8. The zero-order chi connectivity index (χ0) is 39.7. The molecule has 0 unspecified atom stereocenters. The lowest BCUT2D eigenvalue weighted by atomic mass is 9.81. The second kappa shape index (κ2) is 12.3. The number of rotatable bonds is 3. The van der Waals surface area contributed by atoms with E-state index in [0.29, 0.717) is 0 Å². The topological polar surface area (TPSA) is 13.1 Å². The zero-order valence-corrected chi connectivity index (χ0v) is 33.4. The normalized spacial score (nSPS) is 13.3. The molecule has 1 aliphatic rings. The van der Waals surface area contributed by atoms with Gasteiger partial charge in [0.1, 0.15) is 11.2 Å². The minimum absolute atomic E-state index is 0.141. The molecule has 1 aromatic heterocycles. The molecule has 280 valence electrons. The predicted molar refractivity (Wildman–Crippen MR) is 255 cm³/mol. The molecule has 11 aromatic carbocycles. The van der Waals surface area contributed by atoms with Crippen molar-refractivity contribution in [3.8, 4) is 44.5 Å². The highest BCUT2D eigenvalue weighted by atomic mass is 16.3. The molecule has 0 aliphatic heterocycles. The van der Waals surface area contributed by atoms with E-state index < -0.39 is 0 Å². The van der Waals surface area contributed by atoms with Gasteiger partial charge in [-0.2, -0.15) is 0 Å². The first-order chi connectivity index (χ1) is 29.5. The Morgan fingerprint density at radius 3 is 1.62 bits per heavy atom. The molecule has 13 rings (SSSR count). The first kappa shape index (κ1) is 33.5. The van der Waals surface area contributed by atoms with E-state index in [2.05, 4.69) is 202 Å². The molecule has 1 aliphatic carbocycles. The van der Waals surface area contributed by atoms with Gasteiger partial charge in [-0.3, -0.25) is 0 Å². The van der Waals surface area contributed by atoms with Crippen molar-refractivity contribution in [2.45, 2.75) is 19.3 Å². The summed E-state index contributed by atoms with van der Waals surface area (Å²) >= 11 is 0. The minimum Gasteiger partial charge on any atom is -0.455 e. The highest BCUT2D eigenvalue weighted by Crippen LogP contribution is 2.53. The maximum atomic E-state index is 6.48. The van der Waals surface area contributed by atoms with Crippen LogP contribution in [-0.4, -0.2) is 0 Å². The highest BCUT2D eigenvalue weighted by Gasteiger charge is 2.37. The van der Waals surface area contributed by atoms with Crippen molar-refractivity contribution < 1.29 is 4.42 Å². The number of fused-ring (bicyclic) bond motifs is 13. The van der Waals surface area contributed by atoms with Gasteiger partial charge < -0.3 is 4.42 Å². The minimum atomic E-state index is -0.141. The Morgan fingerprint density at radius 1 is 0.317 bits per heavy atom. The van der Waals surface area contributed by atoms with Gasteiger partial charge in [-0.1, -0.05) is 178 Å². The second-order valence-electron chi connectivity index (χ2n) is 17.2. The molecule has 1 heterocycles. The van der Waals surface area contributed by atoms with E-state index in [9.17, 15) is 0 Å². The molecule has 0 saturated carbocycles. The molecular formula is C59H38O. The summed E-state index contributed by atoms with van der Waals surface area (Å²) in [4.78, 5) is 0. The lowest BCUT2D eigenvalue weighted by Gasteiger charge is -2.22. The summed E-state index contributed by atoms with van der Waals surface area (Å²) in [6.07, 6.45) is 0. The third-order valence-electron chi connectivity index (χ3n) is 13.6. The van der Waals surface area contributed by atoms with Gasteiger partial charge in [0.15, 0.2) is 0 Å². The Hall–Kier alpha value is -7.48. The predicted octanol–water partition coefficient (Wildman–Crippen LogP) is 16.7. The van der Waals surface area contributed by atoms with Crippen LogP contribution in [0.4, 0.5) is 0 Å². The van der Waals surface area contributed by atoms with Gasteiger partial charge in [0.05, 0.1) is 0 Å². The van der Waals surface area contributed by atoms with Crippen molar-refractivity contribution in [2.75, 3.05) is 0 Å². The van der Waals surface area contributed by atoms with Crippen molar-refractivity contribution >= 4 is 75.8 Å². The summed E-state index contributed by atoms with van der Waals surface area (Å²) in [5.74, 6) is 0. The molecule has 0 N–H and O–H groups in total. The highest BCUT2D eigenvalue weighted by molar-refractivity contribution is 6.24. The molecule has 0 spiro atoms. The fraction of sp³-hybridized carbons (Fsp3) is 0.0508. The smallest absolute Gasteiger partial charge is 0.143 e. The van der Waals surface area contributed by atoms with E-state index in [0.717, 1.165) is 11.2 Å². The Morgan fingerprint density at radius 2 is 0.850 bits per heavy atom. The summed E-state index contributed by atoms with van der Waals surface area (Å²) in [6.45, 7) is 4.74. The molecule has 0 radical (unpaired) electrons. The Kier molecular flexibility index (Phi) is 6.85. The lowest BCUT2D eigenvalue weighted by Crippen LogP contribution is -2.15. The van der Waals surface area contributed by atoms with Crippen LogP contribution in [0.15, 0.2) is 199 Å². The summed E-state index contributed by atoms with van der Waals surface area (Å²) in [5, 5.41) is 14.9. The van der Waals surface area contributed by atoms with E-state index in [-0.39, 0.29) is 5.41 Å². The van der Waals surface area contributed by atoms with E-state index in [1.54, 1.807) is 0 Å². The van der Waals surface area contributed by atoms with Crippen molar-refractivity contribution in [3.05, 3.63) is 205 Å². The first-order valence-corrected chi connectivity index (χ1v) is 21.0. The maximum absolute atomic E-state index is 6.48. The van der Waals surface area contributed by atoms with Crippen LogP contribution in [0.25, 0.3) is 120 Å². The molecule has 0 fully saturated rings. The largest absolute Gasteiger partial charge is 0.455 e. The van der Waals surface area contributed by atoms with E-state index >= 15 is 0 Å². The SMILES string of the molecule is CC1(C)c2cc(-c3ccc4cc(-c5c6ccccc6c(-c6cccc7ccccc67)c6ccccc56)ccc4c3)ccc2-c2c1ccc1c2ccc2c3ccccc3oc12. The summed E-state index contributed by atoms with van der Waals surface area (Å²) in [6, 6.07) is 72.0. The molecule has 60 heavy (non-hydrogen) atoms. The zero-order valence-electron chi connectivity index (χ0n) is 33.4. The number of hydrogen-bond donors (Lipinski definition) is 0. The van der Waals surface area contributed by atoms with Crippen molar-refractivity contribution in [1.29, 1.82) is 0 Å². The van der Waals surface area contributed by atoms with Crippen molar-refractivity contribution in [1.82, 2.24) is 0 Å². The molecule has 0 bridgehead atoms. The summed E-state index contributed by atoms with van der Waals surface area (Å²) in [5.41, 5.74) is 14.7. The monoisotopic (exact) mass is 762 g/mol. The summed E-state index contributed by atoms with van der Waals surface area (Å²) < 4.78 is 6.48. The third-order valence-corrected chi connectivity index (χ3v) is 13.6. The van der Waals surface area contributed by atoms with Gasteiger partial charge in [0.2, 0.25) is 0 Å². The quantitative estimate of drug-likeness (QED) is 0.163. The number of benzene rings is 11. The van der Waals surface area contributed by atoms with Gasteiger partial charge in [-0.05, 0) is 134 Å². The molecule has 1 heteroatoms. The van der Waals surface area contributed by atoms with Crippen molar-refractivity contribution in [2.24, 2.45) is 0 Å². The second-order valence-corrected chi connectivity index (χ2v) is 17.2. The van der Waals surface area contributed by atoms with Crippen LogP contribution in [0.2, 0.25) is 0 Å². The number of hydrogen-bond acceptors (Lipinski definition) is 1. The molecule has 1 nitrogen and oxygen atoms in total. The number of para-hydroxylation sites is 1. The molecule has 12 aromatic rings.